The van der Waals surface area contributed by atoms with Crippen molar-refractivity contribution < 1.29 is 28.6 Å². The van der Waals surface area contributed by atoms with Crippen LogP contribution < -0.4 is 0 Å². The van der Waals surface area contributed by atoms with Crippen molar-refractivity contribution in [2.24, 2.45) is 0 Å². The Morgan fingerprint density at radius 2 is 0.545 bits per heavy atom. The first-order valence-corrected chi connectivity index (χ1v) is 31.0. The van der Waals surface area contributed by atoms with E-state index in [1.165, 1.54) is 77.0 Å². The van der Waals surface area contributed by atoms with Crippen LogP contribution in [0.25, 0.3) is 0 Å². The van der Waals surface area contributed by atoms with E-state index in [2.05, 4.69) is 167 Å². The van der Waals surface area contributed by atoms with E-state index < -0.39 is 12.1 Å². The Balaban J connectivity index is 4.40. The van der Waals surface area contributed by atoms with E-state index in [0.717, 1.165) is 128 Å². The third-order valence-electron chi connectivity index (χ3n) is 12.6. The predicted molar refractivity (Wildman–Crippen MR) is 334 cm³/mol. The van der Waals surface area contributed by atoms with Crippen LogP contribution >= 0.6 is 0 Å². The van der Waals surface area contributed by atoms with Gasteiger partial charge in [-0.1, -0.05) is 281 Å². The minimum atomic E-state index is -0.844. The molecule has 0 saturated carbocycles. The van der Waals surface area contributed by atoms with Gasteiger partial charge >= 0.3 is 17.9 Å². The number of hydrogen-bond donors (Lipinski definition) is 0. The molecule has 6 nitrogen and oxygen atoms in total. The number of esters is 3. The fourth-order valence-corrected chi connectivity index (χ4v) is 8.00. The van der Waals surface area contributed by atoms with E-state index >= 15 is 0 Å². The van der Waals surface area contributed by atoms with Crippen molar-refractivity contribution in [1.29, 1.82) is 0 Å². The lowest BCUT2D eigenvalue weighted by molar-refractivity contribution is -0.166. The number of carbonyl (C=O) groups is 3. The number of rotatable bonds is 54. The normalized spacial score (nSPS) is 13.2. The molecule has 0 fully saturated rings. The van der Waals surface area contributed by atoms with Gasteiger partial charge in [-0.2, -0.15) is 0 Å². The maximum Gasteiger partial charge on any atom is 0.310 e. The molecular formula is C71H112O6. The first kappa shape index (κ1) is 72.0. The lowest BCUT2D eigenvalue weighted by Crippen LogP contribution is -2.30. The smallest absolute Gasteiger partial charge is 0.310 e. The summed E-state index contributed by atoms with van der Waals surface area (Å²) in [4.78, 5) is 38.1. The average Bonchev–Trinajstić information content (AvgIpc) is 3.43. The van der Waals surface area contributed by atoms with Crippen LogP contribution in [0.5, 0.6) is 0 Å². The molecule has 6 heteroatoms. The summed E-state index contributed by atoms with van der Waals surface area (Å²) in [5.41, 5.74) is 0. The first-order valence-electron chi connectivity index (χ1n) is 31.0. The highest BCUT2D eigenvalue weighted by molar-refractivity contribution is 5.72. The molecule has 0 N–H and O–H groups in total. The Morgan fingerprint density at radius 3 is 0.857 bits per heavy atom. The van der Waals surface area contributed by atoms with Gasteiger partial charge in [-0.15, -0.1) is 0 Å². The third kappa shape index (κ3) is 61.8. The maximum absolute atomic E-state index is 12.8. The Kier molecular flexibility index (Phi) is 59.5. The molecule has 0 aliphatic rings. The number of ether oxygens (including phenoxy) is 3. The molecule has 0 aromatic heterocycles. The summed E-state index contributed by atoms with van der Waals surface area (Å²) < 4.78 is 16.8. The second kappa shape index (κ2) is 63.6. The highest BCUT2D eigenvalue weighted by Gasteiger charge is 2.19. The standard InChI is InChI=1S/C71H112O6/c1-4-7-10-13-16-19-22-25-27-28-29-30-31-32-33-34-35-36-37-38-39-40-41-42-44-46-49-52-55-58-61-64-70(73)76-67-68(66-75-69(72)63-60-57-54-51-48-45-24-21-18-15-12-9-6-3)77-71(74)65-62-59-56-53-50-47-43-26-23-20-17-14-11-8-5-2/h7-8,10-11,16-17,19-20,25-27,29-30,32-33,35-36,38-39,41-43,50,53,59,62,68H,4-6,9,12-15,18,21-24,28,31,34,37,40,44-49,51-52,54-58,60-61,63-67H2,1-3H3/b10-7-,11-8-,19-16-,20-17-,27-25-,30-29-,33-32-,36-35-,39-38-,42-41-,43-26-,53-50-,62-59-. The molecule has 0 rings (SSSR count). The van der Waals surface area contributed by atoms with Gasteiger partial charge in [0.15, 0.2) is 6.10 Å². The Morgan fingerprint density at radius 1 is 0.286 bits per heavy atom. The third-order valence-corrected chi connectivity index (χ3v) is 12.6. The van der Waals surface area contributed by atoms with Crippen LogP contribution in [0.15, 0.2) is 158 Å². The predicted octanol–water partition coefficient (Wildman–Crippen LogP) is 21.3. The maximum atomic E-state index is 12.8. The largest absolute Gasteiger partial charge is 0.462 e. The Bertz CT molecular complexity index is 1740. The van der Waals surface area contributed by atoms with Gasteiger partial charge in [0.25, 0.3) is 0 Å². The van der Waals surface area contributed by atoms with E-state index in [4.69, 9.17) is 14.2 Å². The minimum absolute atomic E-state index is 0.0881. The van der Waals surface area contributed by atoms with Crippen molar-refractivity contribution in [1.82, 2.24) is 0 Å². The van der Waals surface area contributed by atoms with Crippen LogP contribution in [-0.2, 0) is 28.6 Å². The van der Waals surface area contributed by atoms with Gasteiger partial charge in [-0.25, -0.2) is 0 Å². The summed E-state index contributed by atoms with van der Waals surface area (Å²) in [6.07, 6.45) is 92.7. The van der Waals surface area contributed by atoms with Crippen molar-refractivity contribution in [3.63, 3.8) is 0 Å². The van der Waals surface area contributed by atoms with Crippen LogP contribution in [0.3, 0.4) is 0 Å². The summed E-state index contributed by atoms with van der Waals surface area (Å²) in [5, 5.41) is 0. The molecule has 0 aromatic rings. The topological polar surface area (TPSA) is 78.9 Å². The fourth-order valence-electron chi connectivity index (χ4n) is 8.00. The van der Waals surface area contributed by atoms with Crippen LogP contribution in [0.4, 0.5) is 0 Å². The van der Waals surface area contributed by atoms with Crippen molar-refractivity contribution in [2.75, 3.05) is 13.2 Å². The molecule has 432 valence electrons. The van der Waals surface area contributed by atoms with Gasteiger partial charge in [-0.05, 0) is 109 Å². The van der Waals surface area contributed by atoms with Crippen molar-refractivity contribution in [2.45, 2.75) is 258 Å². The van der Waals surface area contributed by atoms with Crippen LogP contribution in [0.2, 0.25) is 0 Å². The van der Waals surface area contributed by atoms with E-state index in [9.17, 15) is 14.4 Å². The quantitative estimate of drug-likeness (QED) is 0.0261. The van der Waals surface area contributed by atoms with Crippen LogP contribution in [0, 0.1) is 0 Å². The molecule has 77 heavy (non-hydrogen) atoms. The molecule has 0 bridgehead atoms. The minimum Gasteiger partial charge on any atom is -0.462 e. The van der Waals surface area contributed by atoms with E-state index in [1.807, 2.05) is 6.08 Å². The zero-order valence-electron chi connectivity index (χ0n) is 49.4. The molecule has 1 atom stereocenters. The van der Waals surface area contributed by atoms with Gasteiger partial charge in [0, 0.05) is 12.8 Å². The summed E-state index contributed by atoms with van der Waals surface area (Å²) in [6.45, 7) is 6.31. The number of unbranched alkanes of at least 4 members (excludes halogenated alkanes) is 18. The molecule has 0 aromatic carbocycles. The number of allylic oxidation sites excluding steroid dienone is 25. The monoisotopic (exact) mass is 1060 g/mol. The molecular weight excluding hydrogens is 949 g/mol. The molecule has 0 spiro atoms. The van der Waals surface area contributed by atoms with E-state index in [1.54, 1.807) is 6.08 Å². The van der Waals surface area contributed by atoms with Gasteiger partial charge < -0.3 is 14.2 Å². The molecule has 0 heterocycles. The van der Waals surface area contributed by atoms with Gasteiger partial charge in [0.05, 0.1) is 6.42 Å². The zero-order valence-corrected chi connectivity index (χ0v) is 49.4. The van der Waals surface area contributed by atoms with Crippen molar-refractivity contribution in [3.8, 4) is 0 Å². The SMILES string of the molecule is CC/C=C\C/C=C\C/C=C\C/C=C\C/C=C\C/C=C\C/C=C\C/C=C\CCCCCCCCC(=O)OCC(COC(=O)CCCCCCCCCCCCCCC)OC(=O)C/C=C\C/C=C\C/C=C\C/C=C\C/C=C\CC. The van der Waals surface area contributed by atoms with Gasteiger partial charge in [0.1, 0.15) is 13.2 Å². The van der Waals surface area contributed by atoms with E-state index in [-0.39, 0.29) is 31.6 Å². The Labute approximate surface area is 473 Å². The lowest BCUT2D eigenvalue weighted by Gasteiger charge is -2.18. The lowest BCUT2D eigenvalue weighted by atomic mass is 10.0. The van der Waals surface area contributed by atoms with Crippen molar-refractivity contribution >= 4 is 17.9 Å². The van der Waals surface area contributed by atoms with E-state index in [0.29, 0.717) is 19.3 Å². The summed E-state index contributed by atoms with van der Waals surface area (Å²) in [5.74, 6) is -1.08. The van der Waals surface area contributed by atoms with Crippen molar-refractivity contribution in [3.05, 3.63) is 158 Å². The highest BCUT2D eigenvalue weighted by Crippen LogP contribution is 2.14. The molecule has 0 radical (unpaired) electrons. The van der Waals surface area contributed by atoms with Crippen LogP contribution in [0.1, 0.15) is 252 Å². The average molecular weight is 1060 g/mol. The van der Waals surface area contributed by atoms with Gasteiger partial charge in [-0.3, -0.25) is 14.4 Å². The molecule has 0 saturated heterocycles. The highest BCUT2D eigenvalue weighted by atomic mass is 16.6. The molecule has 1 unspecified atom stereocenters. The molecule has 0 amide bonds. The molecule has 0 aliphatic heterocycles. The fraction of sp³-hybridized carbons (Fsp3) is 0.592. The second-order valence-electron chi connectivity index (χ2n) is 19.9. The van der Waals surface area contributed by atoms with Gasteiger partial charge in [0.2, 0.25) is 0 Å². The second-order valence-corrected chi connectivity index (χ2v) is 19.9. The number of carbonyl (C=O) groups excluding carboxylic acids is 3. The summed E-state index contributed by atoms with van der Waals surface area (Å²) in [7, 11) is 0. The summed E-state index contributed by atoms with van der Waals surface area (Å²) >= 11 is 0. The number of hydrogen-bond acceptors (Lipinski definition) is 6. The molecule has 0 aliphatic carbocycles. The van der Waals surface area contributed by atoms with Crippen LogP contribution in [-0.4, -0.2) is 37.2 Å². The Hall–Kier alpha value is -4.97. The first-order chi connectivity index (χ1) is 38.0. The zero-order chi connectivity index (χ0) is 55.7. The summed E-state index contributed by atoms with van der Waals surface area (Å²) in [6, 6.07) is 0.